The number of likely N-dealkylation sites (tertiary alicyclic amines) is 1. The third-order valence-corrected chi connectivity index (χ3v) is 7.14. The molecule has 6 heteroatoms. The Bertz CT molecular complexity index is 1240. The number of amides is 2. The zero-order valence-electron chi connectivity index (χ0n) is 22.6. The summed E-state index contributed by atoms with van der Waals surface area (Å²) in [4.78, 5) is 28.8. The van der Waals surface area contributed by atoms with Crippen molar-refractivity contribution in [2.24, 2.45) is 0 Å². The van der Waals surface area contributed by atoms with Gasteiger partial charge in [-0.25, -0.2) is 4.79 Å². The van der Waals surface area contributed by atoms with Crippen molar-refractivity contribution in [3.8, 4) is 0 Å². The number of nitrogens with one attached hydrogen (secondary N) is 1. The van der Waals surface area contributed by atoms with E-state index in [4.69, 9.17) is 4.74 Å². The summed E-state index contributed by atoms with van der Waals surface area (Å²) in [6, 6.07) is 26.5. The Morgan fingerprint density at radius 1 is 0.816 bits per heavy atom. The Kier molecular flexibility index (Phi) is 9.33. The van der Waals surface area contributed by atoms with E-state index in [1.165, 1.54) is 23.8 Å². The van der Waals surface area contributed by atoms with Crippen LogP contribution in [0.3, 0.4) is 0 Å². The molecule has 0 atom stereocenters. The standard InChI is InChI=1S/C32H37N3O3/c1-4-35(5-2)31(36)28-13-11-25(12-14-28)30(26-15-17-29(18-16-26)33-32(37)38-3)27-19-21-34(22-20-27)23-24-9-7-6-8-10-24/h6-18H,4-5,19-23H2,1-3H3,(H,33,37). The lowest BCUT2D eigenvalue weighted by molar-refractivity contribution is 0.0773. The number of piperidine rings is 1. The highest BCUT2D eigenvalue weighted by Crippen LogP contribution is 2.33. The van der Waals surface area contributed by atoms with Crippen LogP contribution in [0.4, 0.5) is 10.5 Å². The second-order valence-electron chi connectivity index (χ2n) is 9.49. The predicted molar refractivity (Wildman–Crippen MR) is 153 cm³/mol. The van der Waals surface area contributed by atoms with E-state index >= 15 is 0 Å². The average Bonchev–Trinajstić information content (AvgIpc) is 2.96. The number of methoxy groups -OCH3 is 1. The molecule has 0 aromatic heterocycles. The first-order chi connectivity index (χ1) is 18.5. The highest BCUT2D eigenvalue weighted by atomic mass is 16.5. The van der Waals surface area contributed by atoms with Crippen LogP contribution in [0, 0.1) is 0 Å². The van der Waals surface area contributed by atoms with E-state index in [-0.39, 0.29) is 5.91 Å². The van der Waals surface area contributed by atoms with Gasteiger partial charge in [-0.05, 0) is 73.2 Å². The van der Waals surface area contributed by atoms with E-state index in [2.05, 4.69) is 52.7 Å². The number of nitrogens with zero attached hydrogens (tertiary/aromatic N) is 2. The maximum absolute atomic E-state index is 12.9. The first-order valence-corrected chi connectivity index (χ1v) is 13.4. The topological polar surface area (TPSA) is 61.9 Å². The molecule has 1 aliphatic rings. The number of hydrogen-bond donors (Lipinski definition) is 1. The molecule has 4 rings (SSSR count). The first-order valence-electron chi connectivity index (χ1n) is 13.4. The Morgan fingerprint density at radius 3 is 1.92 bits per heavy atom. The van der Waals surface area contributed by atoms with Gasteiger partial charge in [0, 0.05) is 44.0 Å². The Labute approximate surface area is 225 Å². The highest BCUT2D eigenvalue weighted by Gasteiger charge is 2.20. The number of benzene rings is 3. The molecule has 6 nitrogen and oxygen atoms in total. The van der Waals surface area contributed by atoms with Gasteiger partial charge in [-0.3, -0.25) is 15.0 Å². The van der Waals surface area contributed by atoms with Crippen LogP contribution in [0.2, 0.25) is 0 Å². The number of carbonyl (C=O) groups is 2. The molecule has 0 spiro atoms. The first kappa shape index (κ1) is 27.1. The van der Waals surface area contributed by atoms with Gasteiger partial charge in [-0.15, -0.1) is 0 Å². The molecule has 3 aromatic carbocycles. The van der Waals surface area contributed by atoms with Crippen molar-refractivity contribution in [2.75, 3.05) is 38.6 Å². The molecule has 3 aromatic rings. The molecule has 1 aliphatic heterocycles. The van der Waals surface area contributed by atoms with E-state index in [9.17, 15) is 9.59 Å². The molecule has 198 valence electrons. The molecular formula is C32H37N3O3. The summed E-state index contributed by atoms with van der Waals surface area (Å²) < 4.78 is 4.72. The summed E-state index contributed by atoms with van der Waals surface area (Å²) in [7, 11) is 1.35. The van der Waals surface area contributed by atoms with Crippen molar-refractivity contribution in [3.05, 3.63) is 107 Å². The number of anilines is 1. The van der Waals surface area contributed by atoms with Gasteiger partial charge >= 0.3 is 6.09 Å². The monoisotopic (exact) mass is 511 g/mol. The van der Waals surface area contributed by atoms with Crippen LogP contribution in [0.5, 0.6) is 0 Å². The van der Waals surface area contributed by atoms with E-state index in [1.807, 2.05) is 55.1 Å². The summed E-state index contributed by atoms with van der Waals surface area (Å²) in [5.41, 5.74) is 7.53. The SMILES string of the molecule is CCN(CC)C(=O)c1ccc(C(=C2CCN(Cc3ccccc3)CC2)c2ccc(NC(=O)OC)cc2)cc1. The number of carbonyl (C=O) groups excluding carboxylic acids is 2. The summed E-state index contributed by atoms with van der Waals surface area (Å²) in [6.07, 6.45) is 1.46. The minimum Gasteiger partial charge on any atom is -0.453 e. The van der Waals surface area contributed by atoms with Crippen LogP contribution in [-0.2, 0) is 11.3 Å². The molecule has 1 saturated heterocycles. The fraction of sp³-hybridized carbons (Fsp3) is 0.312. The molecule has 1 N–H and O–H groups in total. The minimum absolute atomic E-state index is 0.0585. The molecule has 0 saturated carbocycles. The van der Waals surface area contributed by atoms with Crippen molar-refractivity contribution < 1.29 is 14.3 Å². The lowest BCUT2D eigenvalue weighted by Crippen LogP contribution is -2.30. The van der Waals surface area contributed by atoms with Gasteiger partial charge in [0.2, 0.25) is 0 Å². The lowest BCUT2D eigenvalue weighted by Gasteiger charge is -2.30. The van der Waals surface area contributed by atoms with Crippen LogP contribution in [0.15, 0.2) is 84.4 Å². The van der Waals surface area contributed by atoms with E-state index in [0.717, 1.165) is 43.6 Å². The van der Waals surface area contributed by atoms with Crippen LogP contribution < -0.4 is 5.32 Å². The van der Waals surface area contributed by atoms with Crippen LogP contribution in [-0.4, -0.2) is 55.1 Å². The zero-order valence-corrected chi connectivity index (χ0v) is 22.6. The maximum Gasteiger partial charge on any atom is 0.411 e. The number of ether oxygens (including phenoxy) is 1. The van der Waals surface area contributed by atoms with Crippen molar-refractivity contribution >= 4 is 23.3 Å². The summed E-state index contributed by atoms with van der Waals surface area (Å²) >= 11 is 0. The second-order valence-corrected chi connectivity index (χ2v) is 9.49. The fourth-order valence-corrected chi connectivity index (χ4v) is 5.01. The molecule has 2 amide bonds. The summed E-state index contributed by atoms with van der Waals surface area (Å²) in [5.74, 6) is 0.0585. The summed E-state index contributed by atoms with van der Waals surface area (Å²) in [6.45, 7) is 8.33. The van der Waals surface area contributed by atoms with Gasteiger partial charge in [-0.1, -0.05) is 60.2 Å². The van der Waals surface area contributed by atoms with Gasteiger partial charge < -0.3 is 9.64 Å². The van der Waals surface area contributed by atoms with Crippen LogP contribution >= 0.6 is 0 Å². The molecule has 0 bridgehead atoms. The lowest BCUT2D eigenvalue weighted by atomic mass is 9.88. The highest BCUT2D eigenvalue weighted by molar-refractivity contribution is 5.95. The van der Waals surface area contributed by atoms with E-state index in [0.29, 0.717) is 24.3 Å². The Balaban J connectivity index is 1.61. The molecule has 0 aliphatic carbocycles. The van der Waals surface area contributed by atoms with Crippen molar-refractivity contribution in [1.82, 2.24) is 9.80 Å². The van der Waals surface area contributed by atoms with Crippen molar-refractivity contribution in [1.29, 1.82) is 0 Å². The number of rotatable bonds is 8. The molecule has 38 heavy (non-hydrogen) atoms. The largest absolute Gasteiger partial charge is 0.453 e. The average molecular weight is 512 g/mol. The van der Waals surface area contributed by atoms with Crippen LogP contribution in [0.25, 0.3) is 5.57 Å². The van der Waals surface area contributed by atoms with Gasteiger partial charge in [0.05, 0.1) is 7.11 Å². The Morgan fingerprint density at radius 2 is 1.37 bits per heavy atom. The molecular weight excluding hydrogens is 474 g/mol. The quantitative estimate of drug-likeness (QED) is 0.378. The van der Waals surface area contributed by atoms with Gasteiger partial charge in [0.1, 0.15) is 0 Å². The third kappa shape index (κ3) is 6.69. The fourth-order valence-electron chi connectivity index (χ4n) is 5.01. The molecule has 0 radical (unpaired) electrons. The van der Waals surface area contributed by atoms with Crippen molar-refractivity contribution in [2.45, 2.75) is 33.2 Å². The zero-order chi connectivity index (χ0) is 26.9. The molecule has 0 unspecified atom stereocenters. The van der Waals surface area contributed by atoms with E-state index in [1.54, 1.807) is 0 Å². The van der Waals surface area contributed by atoms with E-state index < -0.39 is 6.09 Å². The number of hydrogen-bond acceptors (Lipinski definition) is 4. The molecule has 1 heterocycles. The maximum atomic E-state index is 12.9. The third-order valence-electron chi connectivity index (χ3n) is 7.14. The molecule has 1 fully saturated rings. The minimum atomic E-state index is -0.490. The Hall–Kier alpha value is -3.90. The smallest absolute Gasteiger partial charge is 0.411 e. The predicted octanol–water partition coefficient (Wildman–Crippen LogP) is 6.44. The normalized spacial score (nSPS) is 13.6. The van der Waals surface area contributed by atoms with Gasteiger partial charge in [-0.2, -0.15) is 0 Å². The summed E-state index contributed by atoms with van der Waals surface area (Å²) in [5, 5.41) is 2.72. The second kappa shape index (κ2) is 13.1. The van der Waals surface area contributed by atoms with Crippen LogP contribution in [0.1, 0.15) is 53.7 Å². The van der Waals surface area contributed by atoms with Gasteiger partial charge in [0.25, 0.3) is 5.91 Å². The van der Waals surface area contributed by atoms with Gasteiger partial charge in [0.15, 0.2) is 0 Å². The van der Waals surface area contributed by atoms with Crippen molar-refractivity contribution in [3.63, 3.8) is 0 Å².